The molecule has 6 nitrogen and oxygen atoms in total. The summed E-state index contributed by atoms with van der Waals surface area (Å²) in [6, 6.07) is -0.665. The molecule has 0 aliphatic heterocycles. The fraction of sp³-hybridized carbons (Fsp3) is 0.895. The summed E-state index contributed by atoms with van der Waals surface area (Å²) in [6.45, 7) is 4.83. The number of aliphatic hydroxyl groups is 2. The summed E-state index contributed by atoms with van der Waals surface area (Å²) in [5.41, 5.74) is 0. The highest BCUT2D eigenvalue weighted by Crippen LogP contribution is 2.17. The van der Waals surface area contributed by atoms with E-state index >= 15 is 0 Å². The lowest BCUT2D eigenvalue weighted by molar-refractivity contribution is -0.143. The van der Waals surface area contributed by atoms with Gasteiger partial charge in [0.2, 0.25) is 5.91 Å². The average molecular weight is 889 g/mol. The smallest absolute Gasteiger partial charge is 0.305 e. The second kappa shape index (κ2) is 53.0. The standard InChI is InChI=1S/C57H109NO5/c1-3-5-7-9-11-13-15-17-19-20-21-22-23-24-25-26-27-28-30-33-37-41-45-49-55(60)54(53-59)58-56(61)50-46-42-38-34-32-36-40-44-48-52-63-57(62)51-47-43-39-35-31-29-18-16-14-12-10-8-6-4-2/h34,38,45,49,54-55,59-60H,3-33,35-37,39-44,46-48,50-53H2,1-2H3,(H,58,61)/b38-34-,49-45+. The van der Waals surface area contributed by atoms with Crippen molar-refractivity contribution in [3.05, 3.63) is 24.3 Å². The minimum Gasteiger partial charge on any atom is -0.466 e. The maximum absolute atomic E-state index is 12.4. The molecule has 0 fully saturated rings. The SMILES string of the molecule is CCCCCCCCCCCCCCCCCCCCCCC/C=C/C(O)C(CO)NC(=O)CCC/C=C\CCCCCCOC(=O)CCCCCCCCCCCCCCCC. The van der Waals surface area contributed by atoms with Crippen molar-refractivity contribution in [1.82, 2.24) is 5.32 Å². The van der Waals surface area contributed by atoms with E-state index in [4.69, 9.17) is 4.74 Å². The first-order valence-corrected chi connectivity index (χ1v) is 28.1. The summed E-state index contributed by atoms with van der Waals surface area (Å²) >= 11 is 0. The van der Waals surface area contributed by atoms with Crippen LogP contribution in [0.3, 0.4) is 0 Å². The third-order valence-corrected chi connectivity index (χ3v) is 13.0. The zero-order valence-corrected chi connectivity index (χ0v) is 42.3. The van der Waals surface area contributed by atoms with Gasteiger partial charge in [0, 0.05) is 12.8 Å². The molecule has 372 valence electrons. The van der Waals surface area contributed by atoms with E-state index in [2.05, 4.69) is 31.3 Å². The van der Waals surface area contributed by atoms with Crippen molar-refractivity contribution in [3.63, 3.8) is 0 Å². The predicted octanol–water partition coefficient (Wildman–Crippen LogP) is 17.1. The van der Waals surface area contributed by atoms with Gasteiger partial charge < -0.3 is 20.3 Å². The van der Waals surface area contributed by atoms with Crippen molar-refractivity contribution in [2.45, 2.75) is 315 Å². The molecule has 0 aromatic rings. The third kappa shape index (κ3) is 49.6. The van der Waals surface area contributed by atoms with Crippen molar-refractivity contribution in [2.75, 3.05) is 13.2 Å². The normalized spacial score (nSPS) is 12.8. The van der Waals surface area contributed by atoms with Crippen molar-refractivity contribution < 1.29 is 24.5 Å². The molecule has 0 heterocycles. The Hall–Kier alpha value is -1.66. The molecule has 0 saturated heterocycles. The van der Waals surface area contributed by atoms with Crippen LogP contribution in [0.1, 0.15) is 303 Å². The summed E-state index contributed by atoms with van der Waals surface area (Å²) in [5, 5.41) is 23.1. The van der Waals surface area contributed by atoms with Crippen LogP contribution in [-0.2, 0) is 14.3 Å². The number of hydrogen-bond acceptors (Lipinski definition) is 5. The molecule has 0 aliphatic rings. The molecule has 0 radical (unpaired) electrons. The van der Waals surface area contributed by atoms with E-state index in [9.17, 15) is 19.8 Å². The van der Waals surface area contributed by atoms with Crippen LogP contribution in [0.15, 0.2) is 24.3 Å². The summed E-state index contributed by atoms with van der Waals surface area (Å²) < 4.78 is 5.44. The molecular formula is C57H109NO5. The first-order chi connectivity index (χ1) is 31.0. The molecule has 2 atom stereocenters. The Bertz CT molecular complexity index is 982. The number of ether oxygens (including phenoxy) is 1. The van der Waals surface area contributed by atoms with Crippen LogP contribution in [0.4, 0.5) is 0 Å². The molecule has 0 bridgehead atoms. The number of esters is 1. The van der Waals surface area contributed by atoms with E-state index in [0.29, 0.717) is 19.4 Å². The zero-order valence-electron chi connectivity index (χ0n) is 42.3. The topological polar surface area (TPSA) is 95.9 Å². The predicted molar refractivity (Wildman–Crippen MR) is 273 cm³/mol. The molecule has 0 spiro atoms. The molecule has 0 aromatic heterocycles. The summed E-state index contributed by atoms with van der Waals surface area (Å²) in [7, 11) is 0. The van der Waals surface area contributed by atoms with Gasteiger partial charge in [0.1, 0.15) is 0 Å². The highest BCUT2D eigenvalue weighted by atomic mass is 16.5. The molecule has 1 amide bonds. The minimum absolute atomic E-state index is 0.0352. The molecular weight excluding hydrogens is 779 g/mol. The van der Waals surface area contributed by atoms with E-state index in [-0.39, 0.29) is 18.5 Å². The van der Waals surface area contributed by atoms with E-state index in [1.165, 1.54) is 205 Å². The molecule has 0 aromatic carbocycles. The summed E-state index contributed by atoms with van der Waals surface area (Å²) in [5.74, 6) is -0.161. The average Bonchev–Trinajstić information content (AvgIpc) is 3.28. The Morgan fingerprint density at radius 2 is 0.762 bits per heavy atom. The Morgan fingerprint density at radius 3 is 1.16 bits per heavy atom. The van der Waals surface area contributed by atoms with Gasteiger partial charge >= 0.3 is 5.97 Å². The number of nitrogens with one attached hydrogen (secondary N) is 1. The maximum atomic E-state index is 12.4. The van der Waals surface area contributed by atoms with Crippen molar-refractivity contribution in [3.8, 4) is 0 Å². The quantitative estimate of drug-likeness (QED) is 0.0321. The van der Waals surface area contributed by atoms with Crippen LogP contribution in [-0.4, -0.2) is 47.4 Å². The lowest BCUT2D eigenvalue weighted by Gasteiger charge is -2.19. The Balaban J connectivity index is 3.55. The van der Waals surface area contributed by atoms with Crippen LogP contribution >= 0.6 is 0 Å². The van der Waals surface area contributed by atoms with Gasteiger partial charge in [-0.3, -0.25) is 9.59 Å². The second-order valence-electron chi connectivity index (χ2n) is 19.3. The number of amides is 1. The van der Waals surface area contributed by atoms with Crippen LogP contribution in [0, 0.1) is 0 Å². The van der Waals surface area contributed by atoms with Gasteiger partial charge in [-0.05, 0) is 51.4 Å². The fourth-order valence-electron chi connectivity index (χ4n) is 8.64. The van der Waals surface area contributed by atoms with E-state index < -0.39 is 12.1 Å². The molecule has 63 heavy (non-hydrogen) atoms. The number of rotatable bonds is 52. The highest BCUT2D eigenvalue weighted by molar-refractivity contribution is 5.76. The molecule has 6 heteroatoms. The number of allylic oxidation sites excluding steroid dienone is 3. The Morgan fingerprint density at radius 1 is 0.429 bits per heavy atom. The highest BCUT2D eigenvalue weighted by Gasteiger charge is 2.18. The van der Waals surface area contributed by atoms with Crippen molar-refractivity contribution in [2.24, 2.45) is 0 Å². The largest absolute Gasteiger partial charge is 0.466 e. The number of carbonyl (C=O) groups is 2. The molecule has 0 rings (SSSR count). The monoisotopic (exact) mass is 888 g/mol. The molecule has 0 aliphatic carbocycles. The lowest BCUT2D eigenvalue weighted by atomic mass is 10.0. The number of hydrogen-bond donors (Lipinski definition) is 3. The lowest BCUT2D eigenvalue weighted by Crippen LogP contribution is -2.45. The number of carbonyl (C=O) groups excluding carboxylic acids is 2. The Kier molecular flexibility index (Phi) is 51.6. The van der Waals surface area contributed by atoms with Crippen LogP contribution in [0.25, 0.3) is 0 Å². The van der Waals surface area contributed by atoms with Gasteiger partial charge in [-0.15, -0.1) is 0 Å². The first-order valence-electron chi connectivity index (χ1n) is 28.1. The van der Waals surface area contributed by atoms with Gasteiger partial charge in [0.15, 0.2) is 0 Å². The maximum Gasteiger partial charge on any atom is 0.305 e. The number of unbranched alkanes of at least 4 members (excludes halogenated alkanes) is 39. The van der Waals surface area contributed by atoms with Crippen molar-refractivity contribution >= 4 is 11.9 Å². The fourth-order valence-corrected chi connectivity index (χ4v) is 8.64. The molecule has 2 unspecified atom stereocenters. The summed E-state index contributed by atoms with van der Waals surface area (Å²) in [6.07, 6.45) is 63.5. The van der Waals surface area contributed by atoms with E-state index in [0.717, 1.165) is 70.6 Å². The third-order valence-electron chi connectivity index (χ3n) is 13.0. The van der Waals surface area contributed by atoms with Crippen LogP contribution < -0.4 is 5.32 Å². The summed E-state index contributed by atoms with van der Waals surface area (Å²) in [4.78, 5) is 24.5. The van der Waals surface area contributed by atoms with Crippen LogP contribution in [0.5, 0.6) is 0 Å². The van der Waals surface area contributed by atoms with Gasteiger partial charge in [-0.1, -0.05) is 263 Å². The first kappa shape index (κ1) is 61.3. The van der Waals surface area contributed by atoms with Gasteiger partial charge in [0.25, 0.3) is 0 Å². The van der Waals surface area contributed by atoms with Gasteiger partial charge in [0.05, 0.1) is 25.4 Å². The number of aliphatic hydroxyl groups excluding tert-OH is 2. The molecule has 0 saturated carbocycles. The molecule has 3 N–H and O–H groups in total. The van der Waals surface area contributed by atoms with Crippen molar-refractivity contribution in [1.29, 1.82) is 0 Å². The van der Waals surface area contributed by atoms with E-state index in [1.54, 1.807) is 6.08 Å². The van der Waals surface area contributed by atoms with Crippen LogP contribution in [0.2, 0.25) is 0 Å². The van der Waals surface area contributed by atoms with Gasteiger partial charge in [-0.2, -0.15) is 0 Å². The van der Waals surface area contributed by atoms with Gasteiger partial charge in [-0.25, -0.2) is 0 Å². The second-order valence-corrected chi connectivity index (χ2v) is 19.3. The van der Waals surface area contributed by atoms with E-state index in [1.807, 2.05) is 6.08 Å². The Labute approximate surface area is 392 Å². The zero-order chi connectivity index (χ0) is 45.8. The minimum atomic E-state index is -0.875.